The molecule has 0 aliphatic carbocycles. The number of amides is 2. The van der Waals surface area contributed by atoms with Gasteiger partial charge in [-0.05, 0) is 31.5 Å². The number of anilines is 1. The van der Waals surface area contributed by atoms with Gasteiger partial charge in [0.15, 0.2) is 0 Å². The van der Waals surface area contributed by atoms with Crippen LogP contribution in [0, 0.1) is 13.8 Å². The highest BCUT2D eigenvalue weighted by atomic mass is 32.2. The lowest BCUT2D eigenvalue weighted by molar-refractivity contribution is -0.123. The molecule has 36 heavy (non-hydrogen) atoms. The Labute approximate surface area is 214 Å². The number of nitrogens with one attached hydrogen (secondary N) is 2. The lowest BCUT2D eigenvalue weighted by Crippen LogP contribution is -2.50. The molecule has 1 heterocycles. The van der Waals surface area contributed by atoms with Gasteiger partial charge in [-0.15, -0.1) is 11.3 Å². The number of methoxy groups -OCH3 is 1. The minimum atomic E-state index is -4.68. The molecule has 2 aromatic carbocycles. The van der Waals surface area contributed by atoms with Gasteiger partial charge in [-0.3, -0.25) is 9.35 Å². The summed E-state index contributed by atoms with van der Waals surface area (Å²) in [5.41, 5.74) is 1.76. The van der Waals surface area contributed by atoms with Crippen LogP contribution in [-0.4, -0.2) is 49.7 Å². The number of thiazole rings is 1. The summed E-state index contributed by atoms with van der Waals surface area (Å²) < 4.78 is 40.0. The van der Waals surface area contributed by atoms with Crippen molar-refractivity contribution in [1.82, 2.24) is 15.6 Å². The Morgan fingerprint density at radius 3 is 2.19 bits per heavy atom. The van der Waals surface area contributed by atoms with Crippen molar-refractivity contribution in [2.24, 2.45) is 0 Å². The van der Waals surface area contributed by atoms with E-state index in [0.717, 1.165) is 20.4 Å². The standard InChI is InChI=1S/C24H28N4O6S2/c1-16-17(2)35-23(25-16)21(15-28(36(31,32)33)19-12-8-5-9-13-19)26-22(29)20(27-24(30)34-3)14-18-10-6-4-7-11-18/h4-13,20-21H,14-15H2,1-3H3,(H,26,29)(H,27,30)(H,31,32,33)/t20-,21-/m0/s1. The summed E-state index contributed by atoms with van der Waals surface area (Å²) in [6.45, 7) is 3.35. The summed E-state index contributed by atoms with van der Waals surface area (Å²) in [5.74, 6) is -0.567. The first kappa shape index (κ1) is 27.1. The van der Waals surface area contributed by atoms with E-state index in [2.05, 4.69) is 20.4 Å². The maximum absolute atomic E-state index is 13.4. The van der Waals surface area contributed by atoms with Crippen molar-refractivity contribution in [3.63, 3.8) is 0 Å². The zero-order chi connectivity index (χ0) is 26.3. The molecule has 0 spiro atoms. The molecule has 2 amide bonds. The Hall–Kier alpha value is -3.48. The first-order valence-corrected chi connectivity index (χ1v) is 13.2. The number of aryl methyl sites for hydroxylation is 2. The SMILES string of the molecule is COC(=O)N[C@@H](Cc1ccccc1)C(=O)N[C@@H](CN(c1ccccc1)S(=O)(=O)O)c1nc(C)c(C)s1. The monoisotopic (exact) mass is 532 g/mol. The second-order valence-corrected chi connectivity index (χ2v) is 10.5. The third kappa shape index (κ3) is 7.26. The van der Waals surface area contributed by atoms with E-state index in [4.69, 9.17) is 0 Å². The molecule has 192 valence electrons. The Morgan fingerprint density at radius 2 is 1.67 bits per heavy atom. The first-order chi connectivity index (χ1) is 17.1. The average molecular weight is 533 g/mol. The third-order valence-electron chi connectivity index (χ3n) is 5.41. The number of aromatic nitrogens is 1. The second-order valence-electron chi connectivity index (χ2n) is 7.98. The van der Waals surface area contributed by atoms with Crippen molar-refractivity contribution in [3.8, 4) is 0 Å². The van der Waals surface area contributed by atoms with Gasteiger partial charge in [0.1, 0.15) is 11.0 Å². The number of alkyl carbamates (subject to hydrolysis) is 1. The molecule has 0 aliphatic rings. The maximum atomic E-state index is 13.4. The number of carbonyl (C=O) groups excluding carboxylic acids is 2. The molecule has 0 unspecified atom stereocenters. The van der Waals surface area contributed by atoms with Crippen LogP contribution in [-0.2, 0) is 26.3 Å². The molecular formula is C24H28N4O6S2. The molecule has 0 bridgehead atoms. The summed E-state index contributed by atoms with van der Waals surface area (Å²) in [6, 6.07) is 15.2. The molecule has 10 nitrogen and oxygen atoms in total. The zero-order valence-corrected chi connectivity index (χ0v) is 21.7. The zero-order valence-electron chi connectivity index (χ0n) is 20.0. The van der Waals surface area contributed by atoms with Crippen molar-refractivity contribution >= 4 is 39.3 Å². The van der Waals surface area contributed by atoms with E-state index in [1.807, 2.05) is 44.2 Å². The molecule has 0 saturated carbocycles. The number of ether oxygens (including phenoxy) is 1. The maximum Gasteiger partial charge on any atom is 0.407 e. The number of para-hydroxylation sites is 1. The van der Waals surface area contributed by atoms with E-state index in [-0.39, 0.29) is 18.7 Å². The van der Waals surface area contributed by atoms with Crippen LogP contribution in [0.2, 0.25) is 0 Å². The molecule has 3 aromatic rings. The minimum absolute atomic E-state index is 0.172. The summed E-state index contributed by atoms with van der Waals surface area (Å²) in [6.07, 6.45) is -0.613. The van der Waals surface area contributed by atoms with Crippen LogP contribution < -0.4 is 14.9 Å². The van der Waals surface area contributed by atoms with Crippen LogP contribution in [0.4, 0.5) is 10.5 Å². The molecule has 0 aliphatic heterocycles. The van der Waals surface area contributed by atoms with Crippen LogP contribution in [0.15, 0.2) is 60.7 Å². The van der Waals surface area contributed by atoms with Gasteiger partial charge in [0, 0.05) is 11.3 Å². The highest BCUT2D eigenvalue weighted by Gasteiger charge is 2.31. The van der Waals surface area contributed by atoms with E-state index < -0.39 is 34.4 Å². The van der Waals surface area contributed by atoms with Crippen LogP contribution in [0.3, 0.4) is 0 Å². The number of benzene rings is 2. The normalized spacial score (nSPS) is 12.9. The fourth-order valence-corrected chi connectivity index (χ4v) is 5.15. The fourth-order valence-electron chi connectivity index (χ4n) is 3.46. The van der Waals surface area contributed by atoms with Crippen molar-refractivity contribution in [2.45, 2.75) is 32.4 Å². The topological polar surface area (TPSA) is 138 Å². The van der Waals surface area contributed by atoms with Gasteiger partial charge in [-0.1, -0.05) is 48.5 Å². The number of rotatable bonds is 10. The van der Waals surface area contributed by atoms with Crippen molar-refractivity contribution < 1.29 is 27.3 Å². The number of carbonyl (C=O) groups is 2. The van der Waals surface area contributed by atoms with Gasteiger partial charge in [-0.25, -0.2) is 14.1 Å². The number of hydrogen-bond acceptors (Lipinski definition) is 7. The molecule has 3 rings (SSSR count). The molecule has 2 atom stereocenters. The number of nitrogens with zero attached hydrogens (tertiary/aromatic N) is 2. The molecule has 1 aromatic heterocycles. The predicted molar refractivity (Wildman–Crippen MR) is 137 cm³/mol. The number of hydrogen-bond donors (Lipinski definition) is 3. The van der Waals surface area contributed by atoms with Crippen molar-refractivity contribution in [1.29, 1.82) is 0 Å². The van der Waals surface area contributed by atoms with E-state index in [1.165, 1.54) is 30.6 Å². The Balaban J connectivity index is 1.94. The molecule has 0 radical (unpaired) electrons. The lowest BCUT2D eigenvalue weighted by atomic mass is 10.0. The van der Waals surface area contributed by atoms with E-state index in [0.29, 0.717) is 5.01 Å². The Morgan fingerprint density at radius 1 is 1.06 bits per heavy atom. The summed E-state index contributed by atoms with van der Waals surface area (Å²) in [4.78, 5) is 30.8. The lowest BCUT2D eigenvalue weighted by Gasteiger charge is -2.27. The average Bonchev–Trinajstić information content (AvgIpc) is 3.19. The van der Waals surface area contributed by atoms with Crippen molar-refractivity contribution in [3.05, 3.63) is 81.8 Å². The molecule has 12 heteroatoms. The van der Waals surface area contributed by atoms with Gasteiger partial charge in [0.25, 0.3) is 0 Å². The highest BCUT2D eigenvalue weighted by Crippen LogP contribution is 2.27. The summed E-state index contributed by atoms with van der Waals surface area (Å²) in [7, 11) is -3.49. The predicted octanol–water partition coefficient (Wildman–Crippen LogP) is 3.19. The fraction of sp³-hybridized carbons (Fsp3) is 0.292. The van der Waals surface area contributed by atoms with E-state index >= 15 is 0 Å². The third-order valence-corrected chi connectivity index (χ3v) is 7.51. The van der Waals surface area contributed by atoms with Crippen LogP contribution in [0.5, 0.6) is 0 Å². The van der Waals surface area contributed by atoms with Gasteiger partial charge < -0.3 is 15.4 Å². The Kier molecular flexibility index (Phi) is 9.02. The molecular weight excluding hydrogens is 504 g/mol. The van der Waals surface area contributed by atoms with Gasteiger partial charge in [0.2, 0.25) is 5.91 Å². The molecule has 0 fully saturated rings. The van der Waals surface area contributed by atoms with Crippen LogP contribution in [0.1, 0.15) is 27.2 Å². The van der Waals surface area contributed by atoms with Gasteiger partial charge >= 0.3 is 16.4 Å². The summed E-state index contributed by atoms with van der Waals surface area (Å²) in [5, 5.41) is 5.81. The van der Waals surface area contributed by atoms with Crippen LogP contribution >= 0.6 is 11.3 Å². The highest BCUT2D eigenvalue weighted by molar-refractivity contribution is 7.87. The summed E-state index contributed by atoms with van der Waals surface area (Å²) >= 11 is 1.31. The minimum Gasteiger partial charge on any atom is -0.453 e. The molecule has 3 N–H and O–H groups in total. The van der Waals surface area contributed by atoms with Gasteiger partial charge in [-0.2, -0.15) is 8.42 Å². The van der Waals surface area contributed by atoms with Gasteiger partial charge in [0.05, 0.1) is 31.1 Å². The van der Waals surface area contributed by atoms with E-state index in [9.17, 15) is 22.6 Å². The van der Waals surface area contributed by atoms with Crippen LogP contribution in [0.25, 0.3) is 0 Å². The largest absolute Gasteiger partial charge is 0.453 e. The first-order valence-electron chi connectivity index (χ1n) is 11.0. The quantitative estimate of drug-likeness (QED) is 0.341. The van der Waals surface area contributed by atoms with Crippen molar-refractivity contribution in [2.75, 3.05) is 18.0 Å². The smallest absolute Gasteiger partial charge is 0.407 e. The Bertz CT molecular complexity index is 1260. The molecule has 0 saturated heterocycles. The second kappa shape index (κ2) is 12.0. The van der Waals surface area contributed by atoms with E-state index in [1.54, 1.807) is 18.2 Å².